The minimum absolute atomic E-state index is 0.345. The third kappa shape index (κ3) is 2.73. The number of halogens is 1. The second kappa shape index (κ2) is 5.71. The molecule has 1 atom stereocenters. The van der Waals surface area contributed by atoms with Crippen LogP contribution in [0, 0.1) is 5.82 Å². The summed E-state index contributed by atoms with van der Waals surface area (Å²) >= 11 is 0. The molecule has 0 aliphatic heterocycles. The standard InChI is InChI=1S/C17H21FN2/c1-4-17(19,16-10-9-15(18)11-20-16)14-7-5-13(6-8-14)12(2)3/h5-12H,4,19H2,1-3H3. The first-order valence-electron chi connectivity index (χ1n) is 6.98. The first-order chi connectivity index (χ1) is 9.47. The molecule has 20 heavy (non-hydrogen) atoms. The molecule has 106 valence electrons. The predicted octanol–water partition coefficient (Wildman–Crippen LogP) is 3.96. The molecule has 0 spiro atoms. The van der Waals surface area contributed by atoms with Crippen LogP contribution in [0.25, 0.3) is 0 Å². The normalized spacial score (nSPS) is 14.3. The Bertz CT molecular complexity index is 561. The minimum atomic E-state index is -0.677. The summed E-state index contributed by atoms with van der Waals surface area (Å²) in [5, 5.41) is 0. The van der Waals surface area contributed by atoms with Gasteiger partial charge in [-0.1, -0.05) is 45.0 Å². The fourth-order valence-corrected chi connectivity index (χ4v) is 2.34. The van der Waals surface area contributed by atoms with Crippen LogP contribution >= 0.6 is 0 Å². The van der Waals surface area contributed by atoms with Crippen molar-refractivity contribution in [1.82, 2.24) is 4.98 Å². The maximum atomic E-state index is 13.0. The molecule has 1 aromatic heterocycles. The molecule has 2 N–H and O–H groups in total. The van der Waals surface area contributed by atoms with Gasteiger partial charge in [-0.15, -0.1) is 0 Å². The number of aromatic nitrogens is 1. The zero-order chi connectivity index (χ0) is 14.8. The van der Waals surface area contributed by atoms with Crippen LogP contribution in [0.3, 0.4) is 0 Å². The van der Waals surface area contributed by atoms with Gasteiger partial charge < -0.3 is 5.73 Å². The molecular weight excluding hydrogens is 251 g/mol. The van der Waals surface area contributed by atoms with Crippen LogP contribution in [0.15, 0.2) is 42.6 Å². The van der Waals surface area contributed by atoms with Gasteiger partial charge in [0.05, 0.1) is 17.4 Å². The van der Waals surface area contributed by atoms with E-state index < -0.39 is 5.54 Å². The Balaban J connectivity index is 2.42. The SMILES string of the molecule is CCC(N)(c1ccc(C(C)C)cc1)c1ccc(F)cn1. The molecule has 0 radical (unpaired) electrons. The molecule has 3 heteroatoms. The van der Waals surface area contributed by atoms with Crippen molar-refractivity contribution in [3.8, 4) is 0 Å². The topological polar surface area (TPSA) is 38.9 Å². The number of nitrogens with zero attached hydrogens (tertiary/aromatic N) is 1. The molecular formula is C17H21FN2. The Kier molecular flexibility index (Phi) is 4.19. The van der Waals surface area contributed by atoms with Gasteiger partial charge in [0.2, 0.25) is 0 Å². The second-order valence-corrected chi connectivity index (χ2v) is 5.46. The highest BCUT2D eigenvalue weighted by Gasteiger charge is 2.29. The molecule has 0 fully saturated rings. The Morgan fingerprint density at radius 2 is 1.80 bits per heavy atom. The predicted molar refractivity (Wildman–Crippen MR) is 80.0 cm³/mol. The number of rotatable bonds is 4. The van der Waals surface area contributed by atoms with Crippen LogP contribution in [0.1, 0.15) is 49.9 Å². The van der Waals surface area contributed by atoms with Crippen LogP contribution in [0.2, 0.25) is 0 Å². The van der Waals surface area contributed by atoms with E-state index in [2.05, 4.69) is 31.0 Å². The van der Waals surface area contributed by atoms with Gasteiger partial charge in [0.1, 0.15) is 5.82 Å². The zero-order valence-corrected chi connectivity index (χ0v) is 12.2. The van der Waals surface area contributed by atoms with Gasteiger partial charge in [-0.05, 0) is 35.6 Å². The van der Waals surface area contributed by atoms with Crippen molar-refractivity contribution in [2.75, 3.05) is 0 Å². The Hall–Kier alpha value is -1.74. The Labute approximate surface area is 119 Å². The number of hydrogen-bond acceptors (Lipinski definition) is 2. The third-order valence-electron chi connectivity index (χ3n) is 3.83. The van der Waals surface area contributed by atoms with Crippen molar-refractivity contribution in [3.63, 3.8) is 0 Å². The Morgan fingerprint density at radius 1 is 1.15 bits per heavy atom. The molecule has 0 bridgehead atoms. The zero-order valence-electron chi connectivity index (χ0n) is 12.2. The molecule has 0 amide bonds. The lowest BCUT2D eigenvalue weighted by atomic mass is 9.84. The second-order valence-electron chi connectivity index (χ2n) is 5.46. The molecule has 1 unspecified atom stereocenters. The van der Waals surface area contributed by atoms with E-state index in [0.717, 1.165) is 5.56 Å². The van der Waals surface area contributed by atoms with Crippen LogP contribution in [-0.2, 0) is 5.54 Å². The molecule has 1 aromatic carbocycles. The summed E-state index contributed by atoms with van der Waals surface area (Å²) in [6.07, 6.45) is 1.92. The largest absolute Gasteiger partial charge is 0.316 e. The molecule has 2 aromatic rings. The highest BCUT2D eigenvalue weighted by Crippen LogP contribution is 2.30. The van der Waals surface area contributed by atoms with Crippen molar-refractivity contribution in [2.45, 2.75) is 38.6 Å². The maximum Gasteiger partial charge on any atom is 0.141 e. The fraction of sp³-hybridized carbons (Fsp3) is 0.353. The highest BCUT2D eigenvalue weighted by atomic mass is 19.1. The van der Waals surface area contributed by atoms with E-state index in [0.29, 0.717) is 18.0 Å². The smallest absolute Gasteiger partial charge is 0.141 e. The first kappa shape index (κ1) is 14.7. The van der Waals surface area contributed by atoms with Gasteiger partial charge in [0.25, 0.3) is 0 Å². The summed E-state index contributed by atoms with van der Waals surface area (Å²) in [5.41, 5.74) is 8.83. The van der Waals surface area contributed by atoms with E-state index in [9.17, 15) is 4.39 Å². The lowest BCUT2D eigenvalue weighted by Crippen LogP contribution is -2.38. The summed E-state index contributed by atoms with van der Waals surface area (Å²) in [6, 6.07) is 11.4. The summed E-state index contributed by atoms with van der Waals surface area (Å²) in [5.74, 6) is 0.143. The van der Waals surface area contributed by atoms with Gasteiger partial charge in [-0.3, -0.25) is 4.98 Å². The van der Waals surface area contributed by atoms with Crippen molar-refractivity contribution < 1.29 is 4.39 Å². The molecule has 1 heterocycles. The average molecular weight is 272 g/mol. The third-order valence-corrected chi connectivity index (χ3v) is 3.83. The van der Waals surface area contributed by atoms with Crippen LogP contribution in [0.5, 0.6) is 0 Å². The number of pyridine rings is 1. The van der Waals surface area contributed by atoms with E-state index in [1.54, 1.807) is 6.07 Å². The summed E-state index contributed by atoms with van der Waals surface area (Å²) < 4.78 is 13.0. The number of hydrogen-bond donors (Lipinski definition) is 1. The van der Waals surface area contributed by atoms with Crippen LogP contribution in [-0.4, -0.2) is 4.98 Å². The first-order valence-corrected chi connectivity index (χ1v) is 6.98. The fourth-order valence-electron chi connectivity index (χ4n) is 2.34. The lowest BCUT2D eigenvalue weighted by molar-refractivity contribution is 0.498. The monoisotopic (exact) mass is 272 g/mol. The maximum absolute atomic E-state index is 13.0. The molecule has 0 saturated heterocycles. The van der Waals surface area contributed by atoms with Crippen molar-refractivity contribution in [1.29, 1.82) is 0 Å². The van der Waals surface area contributed by atoms with Crippen molar-refractivity contribution >= 4 is 0 Å². The van der Waals surface area contributed by atoms with Crippen LogP contribution < -0.4 is 5.73 Å². The summed E-state index contributed by atoms with van der Waals surface area (Å²) in [7, 11) is 0. The number of nitrogens with two attached hydrogens (primary N) is 1. The van der Waals surface area contributed by atoms with E-state index >= 15 is 0 Å². The van der Waals surface area contributed by atoms with E-state index in [-0.39, 0.29) is 5.82 Å². The average Bonchev–Trinajstić information content (AvgIpc) is 2.47. The minimum Gasteiger partial charge on any atom is -0.316 e. The van der Waals surface area contributed by atoms with Gasteiger partial charge in [-0.2, -0.15) is 0 Å². The molecule has 0 aliphatic rings. The molecule has 2 nitrogen and oxygen atoms in total. The van der Waals surface area contributed by atoms with Crippen LogP contribution in [0.4, 0.5) is 4.39 Å². The van der Waals surface area contributed by atoms with Gasteiger partial charge in [0, 0.05) is 0 Å². The van der Waals surface area contributed by atoms with Gasteiger partial charge in [0.15, 0.2) is 0 Å². The molecule has 2 rings (SSSR count). The van der Waals surface area contributed by atoms with Gasteiger partial charge in [-0.25, -0.2) is 4.39 Å². The summed E-state index contributed by atoms with van der Waals surface area (Å²) in [6.45, 7) is 6.33. The lowest BCUT2D eigenvalue weighted by Gasteiger charge is -2.28. The van der Waals surface area contributed by atoms with E-state index in [4.69, 9.17) is 5.73 Å². The quantitative estimate of drug-likeness (QED) is 0.915. The highest BCUT2D eigenvalue weighted by molar-refractivity contribution is 5.36. The van der Waals surface area contributed by atoms with E-state index in [1.807, 2.05) is 19.1 Å². The van der Waals surface area contributed by atoms with Crippen molar-refractivity contribution in [3.05, 3.63) is 65.2 Å². The van der Waals surface area contributed by atoms with E-state index in [1.165, 1.54) is 17.8 Å². The van der Waals surface area contributed by atoms with Crippen molar-refractivity contribution in [2.24, 2.45) is 5.73 Å². The summed E-state index contributed by atoms with van der Waals surface area (Å²) in [4.78, 5) is 4.16. The number of benzene rings is 1. The van der Waals surface area contributed by atoms with Gasteiger partial charge >= 0.3 is 0 Å². The molecule has 0 saturated carbocycles. The molecule has 0 aliphatic carbocycles. The Morgan fingerprint density at radius 3 is 2.25 bits per heavy atom.